The van der Waals surface area contributed by atoms with Crippen LogP contribution in [0.1, 0.15) is 24.4 Å². The normalized spacial score (nSPS) is 18.8. The second-order valence-electron chi connectivity index (χ2n) is 5.15. The van der Waals surface area contributed by atoms with E-state index >= 15 is 0 Å². The number of hydrogen-bond acceptors (Lipinski definition) is 3. The Morgan fingerprint density at radius 3 is 2.24 bits per heavy atom. The van der Waals surface area contributed by atoms with Crippen molar-refractivity contribution in [3.05, 3.63) is 29.8 Å². The number of rotatable bonds is 5. The van der Waals surface area contributed by atoms with E-state index in [9.17, 15) is 17.6 Å². The number of halogens is 4. The second kappa shape index (κ2) is 6.62. The lowest BCUT2D eigenvalue weighted by Crippen LogP contribution is -2.34. The standard InChI is InChI=1S/C14H18F4N2O/c15-13(16)14(17,18)21-11-3-1-9(2-4-11)12(19)10-5-7-20-8-6-10/h1-4,10,12-13,20H,5-8,19H2/t12-/m0/s1. The van der Waals surface area contributed by atoms with Gasteiger partial charge in [0.15, 0.2) is 0 Å². The molecule has 7 heteroatoms. The predicted molar refractivity (Wildman–Crippen MR) is 70.5 cm³/mol. The van der Waals surface area contributed by atoms with Crippen LogP contribution >= 0.6 is 0 Å². The third-order valence-corrected chi connectivity index (χ3v) is 3.66. The lowest BCUT2D eigenvalue weighted by molar-refractivity contribution is -0.253. The molecular formula is C14H18F4N2O. The summed E-state index contributed by atoms with van der Waals surface area (Å²) in [6, 6.07) is 5.38. The predicted octanol–water partition coefficient (Wildman–Crippen LogP) is 2.92. The lowest BCUT2D eigenvalue weighted by atomic mass is 9.86. The zero-order chi connectivity index (χ0) is 15.5. The van der Waals surface area contributed by atoms with Crippen molar-refractivity contribution < 1.29 is 22.3 Å². The Bertz CT molecular complexity index is 447. The average molecular weight is 306 g/mol. The molecule has 0 saturated carbocycles. The van der Waals surface area contributed by atoms with Crippen LogP contribution in [0.5, 0.6) is 5.75 Å². The largest absolute Gasteiger partial charge is 0.461 e. The first-order valence-corrected chi connectivity index (χ1v) is 6.81. The van der Waals surface area contributed by atoms with E-state index in [-0.39, 0.29) is 11.8 Å². The quantitative estimate of drug-likeness (QED) is 0.822. The molecule has 0 aliphatic carbocycles. The monoisotopic (exact) mass is 306 g/mol. The maximum Gasteiger partial charge on any atom is 0.461 e. The fourth-order valence-corrected chi connectivity index (χ4v) is 2.44. The third kappa shape index (κ3) is 4.07. The summed E-state index contributed by atoms with van der Waals surface area (Å²) in [6.45, 7) is 1.81. The molecule has 1 saturated heterocycles. The molecule has 0 aromatic heterocycles. The molecule has 1 atom stereocenters. The van der Waals surface area contributed by atoms with Crippen LogP contribution in [0.4, 0.5) is 17.6 Å². The molecule has 0 unspecified atom stereocenters. The van der Waals surface area contributed by atoms with Crippen molar-refractivity contribution in [2.45, 2.75) is 31.4 Å². The molecule has 0 radical (unpaired) electrons. The Hall–Kier alpha value is -1.34. The van der Waals surface area contributed by atoms with E-state index in [1.807, 2.05) is 0 Å². The number of nitrogens with one attached hydrogen (secondary N) is 1. The van der Waals surface area contributed by atoms with Crippen molar-refractivity contribution in [1.82, 2.24) is 5.32 Å². The van der Waals surface area contributed by atoms with E-state index in [1.54, 1.807) is 12.1 Å². The Labute approximate surface area is 120 Å². The summed E-state index contributed by atoms with van der Waals surface area (Å²) in [6.07, 6.45) is -6.46. The Balaban J connectivity index is 2.01. The molecule has 1 aromatic rings. The molecule has 1 aliphatic rings. The van der Waals surface area contributed by atoms with E-state index in [2.05, 4.69) is 10.1 Å². The molecule has 21 heavy (non-hydrogen) atoms. The van der Waals surface area contributed by atoms with Crippen LogP contribution in [0.15, 0.2) is 24.3 Å². The van der Waals surface area contributed by atoms with Gasteiger partial charge in [0, 0.05) is 6.04 Å². The van der Waals surface area contributed by atoms with E-state index in [0.717, 1.165) is 31.5 Å². The number of ether oxygens (including phenoxy) is 1. The van der Waals surface area contributed by atoms with Crippen LogP contribution in [-0.2, 0) is 0 Å². The number of alkyl halides is 4. The summed E-state index contributed by atoms with van der Waals surface area (Å²) in [5.74, 6) is 0.0158. The van der Waals surface area contributed by atoms with Gasteiger partial charge in [0.25, 0.3) is 0 Å². The first-order chi connectivity index (χ1) is 9.90. The van der Waals surface area contributed by atoms with Crippen molar-refractivity contribution in [1.29, 1.82) is 0 Å². The van der Waals surface area contributed by atoms with E-state index in [0.29, 0.717) is 5.92 Å². The zero-order valence-electron chi connectivity index (χ0n) is 11.4. The van der Waals surface area contributed by atoms with E-state index in [1.165, 1.54) is 12.1 Å². The number of nitrogens with two attached hydrogens (primary N) is 1. The van der Waals surface area contributed by atoms with Gasteiger partial charge in [0.1, 0.15) is 5.75 Å². The van der Waals surface area contributed by atoms with Gasteiger partial charge < -0.3 is 15.8 Å². The van der Waals surface area contributed by atoms with Crippen LogP contribution < -0.4 is 15.8 Å². The van der Waals surface area contributed by atoms with Crippen LogP contribution in [0, 0.1) is 5.92 Å². The van der Waals surface area contributed by atoms with Crippen molar-refractivity contribution in [3.63, 3.8) is 0 Å². The van der Waals surface area contributed by atoms with Gasteiger partial charge in [0.2, 0.25) is 0 Å². The molecule has 3 nitrogen and oxygen atoms in total. The fourth-order valence-electron chi connectivity index (χ4n) is 2.44. The highest BCUT2D eigenvalue weighted by Crippen LogP contribution is 2.30. The van der Waals surface area contributed by atoms with Gasteiger partial charge >= 0.3 is 12.5 Å². The number of hydrogen-bond donors (Lipinski definition) is 2. The molecule has 118 valence electrons. The average Bonchev–Trinajstić information content (AvgIpc) is 2.48. The minimum atomic E-state index is -4.49. The molecule has 1 fully saturated rings. The van der Waals surface area contributed by atoms with Crippen LogP contribution in [0.2, 0.25) is 0 Å². The first-order valence-electron chi connectivity index (χ1n) is 6.81. The molecular weight excluding hydrogens is 288 g/mol. The topological polar surface area (TPSA) is 47.3 Å². The lowest BCUT2D eigenvalue weighted by Gasteiger charge is -2.28. The summed E-state index contributed by atoms with van der Waals surface area (Å²) in [5.41, 5.74) is 6.95. The van der Waals surface area contributed by atoms with Gasteiger partial charge in [-0.15, -0.1) is 0 Å². The third-order valence-electron chi connectivity index (χ3n) is 3.66. The molecule has 0 spiro atoms. The SMILES string of the molecule is N[C@@H](c1ccc(OC(F)(F)C(F)F)cc1)C1CCNCC1. The van der Waals surface area contributed by atoms with Crippen LogP contribution in [-0.4, -0.2) is 25.6 Å². The van der Waals surface area contributed by atoms with Gasteiger partial charge in [-0.25, -0.2) is 0 Å². The highest BCUT2D eigenvalue weighted by molar-refractivity contribution is 5.29. The summed E-state index contributed by atoms with van der Waals surface area (Å²) in [7, 11) is 0. The molecule has 2 rings (SSSR count). The van der Waals surface area contributed by atoms with Crippen LogP contribution in [0.3, 0.4) is 0 Å². The molecule has 0 amide bonds. The Morgan fingerprint density at radius 1 is 1.14 bits per heavy atom. The van der Waals surface area contributed by atoms with Gasteiger partial charge in [-0.3, -0.25) is 0 Å². The Morgan fingerprint density at radius 2 is 1.71 bits per heavy atom. The maximum absolute atomic E-state index is 12.8. The summed E-state index contributed by atoms with van der Waals surface area (Å²) in [5, 5.41) is 3.24. The van der Waals surface area contributed by atoms with Crippen molar-refractivity contribution in [2.75, 3.05) is 13.1 Å². The maximum atomic E-state index is 12.8. The number of benzene rings is 1. The van der Waals surface area contributed by atoms with Crippen molar-refractivity contribution in [2.24, 2.45) is 11.7 Å². The van der Waals surface area contributed by atoms with Crippen molar-refractivity contribution >= 4 is 0 Å². The van der Waals surface area contributed by atoms with Gasteiger partial charge in [-0.05, 0) is 49.5 Å². The van der Waals surface area contributed by atoms with Gasteiger partial charge in [-0.2, -0.15) is 17.6 Å². The highest BCUT2D eigenvalue weighted by Gasteiger charge is 2.43. The minimum absolute atomic E-state index is 0.197. The first kappa shape index (κ1) is 16.0. The molecule has 0 bridgehead atoms. The van der Waals surface area contributed by atoms with Gasteiger partial charge in [0.05, 0.1) is 0 Å². The number of piperidine rings is 1. The summed E-state index contributed by atoms with van der Waals surface area (Å²) >= 11 is 0. The Kier molecular flexibility index (Phi) is 5.05. The van der Waals surface area contributed by atoms with E-state index in [4.69, 9.17) is 5.73 Å². The van der Waals surface area contributed by atoms with Crippen LogP contribution in [0.25, 0.3) is 0 Å². The van der Waals surface area contributed by atoms with Crippen molar-refractivity contribution in [3.8, 4) is 5.75 Å². The van der Waals surface area contributed by atoms with E-state index < -0.39 is 12.5 Å². The highest BCUT2D eigenvalue weighted by atomic mass is 19.3. The molecule has 1 aliphatic heterocycles. The molecule has 1 heterocycles. The minimum Gasteiger partial charge on any atom is -0.428 e. The molecule has 3 N–H and O–H groups in total. The summed E-state index contributed by atoms with van der Waals surface area (Å²) < 4.78 is 53.7. The van der Waals surface area contributed by atoms with Gasteiger partial charge in [-0.1, -0.05) is 12.1 Å². The molecule has 1 aromatic carbocycles. The summed E-state index contributed by atoms with van der Waals surface area (Å²) in [4.78, 5) is 0. The second-order valence-corrected chi connectivity index (χ2v) is 5.15. The smallest absolute Gasteiger partial charge is 0.428 e. The fraction of sp³-hybridized carbons (Fsp3) is 0.571. The zero-order valence-corrected chi connectivity index (χ0v) is 11.4.